The summed E-state index contributed by atoms with van der Waals surface area (Å²) >= 11 is 3.14. The zero-order valence-electron chi connectivity index (χ0n) is 16.6. The zero-order chi connectivity index (χ0) is 22.4. The highest BCUT2D eigenvalue weighted by Crippen LogP contribution is 2.29. The highest BCUT2D eigenvalue weighted by molar-refractivity contribution is 9.10. The summed E-state index contributed by atoms with van der Waals surface area (Å²) in [5, 5.41) is 28.8. The van der Waals surface area contributed by atoms with Crippen molar-refractivity contribution in [2.75, 3.05) is 11.9 Å². The molecule has 0 unspecified atom stereocenters. The minimum atomic E-state index is -3.65. The predicted molar refractivity (Wildman–Crippen MR) is 116 cm³/mol. The Bertz CT molecular complexity index is 1020. The molecular formula is C18H24BrFN6O4S. The van der Waals surface area contributed by atoms with Gasteiger partial charge in [-0.25, -0.2) is 18.9 Å². The van der Waals surface area contributed by atoms with Crippen LogP contribution >= 0.6 is 15.9 Å². The molecule has 31 heavy (non-hydrogen) atoms. The number of nitrogens with zero attached hydrogens (tertiary/aromatic N) is 3. The molecule has 3 rings (SSSR count). The Morgan fingerprint density at radius 2 is 2.06 bits per heavy atom. The maximum atomic E-state index is 13.5. The molecule has 1 aromatic carbocycles. The van der Waals surface area contributed by atoms with Crippen LogP contribution in [0.25, 0.3) is 0 Å². The SMILES string of the molecule is NS(=O)(=O)NCCC1CCC(Nc2nonc2C(Cc2ccc(F)c(Br)c2)=NO)CC1. The second-order valence-corrected chi connectivity index (χ2v) is 9.76. The largest absolute Gasteiger partial charge is 0.411 e. The van der Waals surface area contributed by atoms with Gasteiger partial charge in [-0.15, -0.1) is 0 Å². The Morgan fingerprint density at radius 3 is 2.71 bits per heavy atom. The molecule has 0 radical (unpaired) electrons. The molecule has 1 aliphatic rings. The third-order valence-electron chi connectivity index (χ3n) is 5.28. The van der Waals surface area contributed by atoms with Gasteiger partial charge in [0.05, 0.1) is 4.47 Å². The van der Waals surface area contributed by atoms with Crippen molar-refractivity contribution >= 4 is 37.7 Å². The molecule has 5 N–H and O–H groups in total. The van der Waals surface area contributed by atoms with Crippen LogP contribution in [0, 0.1) is 11.7 Å². The molecule has 1 saturated carbocycles. The molecule has 1 aliphatic carbocycles. The first-order valence-electron chi connectivity index (χ1n) is 9.77. The predicted octanol–water partition coefficient (Wildman–Crippen LogP) is 2.55. The molecule has 0 aliphatic heterocycles. The molecule has 1 heterocycles. The Labute approximate surface area is 187 Å². The highest BCUT2D eigenvalue weighted by atomic mass is 79.9. The van der Waals surface area contributed by atoms with Crippen molar-refractivity contribution in [3.05, 3.63) is 39.7 Å². The highest BCUT2D eigenvalue weighted by Gasteiger charge is 2.25. The number of aromatic nitrogens is 2. The molecule has 0 amide bonds. The Kier molecular flexibility index (Phi) is 7.97. The third kappa shape index (κ3) is 6.95. The van der Waals surface area contributed by atoms with Gasteiger partial charge >= 0.3 is 0 Å². The number of benzene rings is 1. The Hall–Kier alpha value is -2.09. The van der Waals surface area contributed by atoms with Crippen LogP contribution in [0.1, 0.15) is 43.4 Å². The molecule has 1 fully saturated rings. The molecule has 2 aromatic rings. The first-order chi connectivity index (χ1) is 14.7. The van der Waals surface area contributed by atoms with E-state index < -0.39 is 10.2 Å². The summed E-state index contributed by atoms with van der Waals surface area (Å²) in [4.78, 5) is 0. The summed E-state index contributed by atoms with van der Waals surface area (Å²) in [6, 6.07) is 4.66. The lowest BCUT2D eigenvalue weighted by atomic mass is 9.84. The maximum Gasteiger partial charge on any atom is 0.274 e. The molecular weight excluding hydrogens is 495 g/mol. The Morgan fingerprint density at radius 1 is 1.32 bits per heavy atom. The fourth-order valence-electron chi connectivity index (χ4n) is 3.68. The van der Waals surface area contributed by atoms with Crippen LogP contribution in [0.5, 0.6) is 0 Å². The summed E-state index contributed by atoms with van der Waals surface area (Å²) in [5.41, 5.74) is 1.26. The van der Waals surface area contributed by atoms with Crippen LogP contribution in [0.15, 0.2) is 32.5 Å². The zero-order valence-corrected chi connectivity index (χ0v) is 19.0. The van der Waals surface area contributed by atoms with E-state index in [1.165, 1.54) is 6.07 Å². The van der Waals surface area contributed by atoms with Crippen molar-refractivity contribution in [1.29, 1.82) is 0 Å². The van der Waals surface area contributed by atoms with E-state index in [-0.39, 0.29) is 24.0 Å². The van der Waals surface area contributed by atoms with Crippen LogP contribution < -0.4 is 15.2 Å². The van der Waals surface area contributed by atoms with Crippen molar-refractivity contribution in [3.63, 3.8) is 0 Å². The molecule has 170 valence electrons. The van der Waals surface area contributed by atoms with E-state index in [9.17, 15) is 18.0 Å². The maximum absolute atomic E-state index is 13.5. The van der Waals surface area contributed by atoms with Crippen LogP contribution in [0.3, 0.4) is 0 Å². The second-order valence-electron chi connectivity index (χ2n) is 7.52. The monoisotopic (exact) mass is 518 g/mol. The van der Waals surface area contributed by atoms with Gasteiger partial charge in [0.25, 0.3) is 10.2 Å². The molecule has 10 nitrogen and oxygen atoms in total. The van der Waals surface area contributed by atoms with E-state index in [2.05, 4.69) is 41.4 Å². The lowest BCUT2D eigenvalue weighted by molar-refractivity contribution is 0.302. The lowest BCUT2D eigenvalue weighted by Gasteiger charge is -2.29. The molecule has 0 spiro atoms. The second kappa shape index (κ2) is 10.5. The van der Waals surface area contributed by atoms with Gasteiger partial charge < -0.3 is 10.5 Å². The first-order valence-corrected chi connectivity index (χ1v) is 12.1. The molecule has 0 atom stereocenters. The number of oxime groups is 1. The van der Waals surface area contributed by atoms with Crippen LogP contribution in [0.2, 0.25) is 0 Å². The number of nitrogens with one attached hydrogen (secondary N) is 2. The van der Waals surface area contributed by atoms with E-state index in [0.29, 0.717) is 28.4 Å². The number of hydrogen-bond acceptors (Lipinski definition) is 8. The smallest absolute Gasteiger partial charge is 0.274 e. The van der Waals surface area contributed by atoms with Crippen molar-refractivity contribution < 1.29 is 22.6 Å². The lowest BCUT2D eigenvalue weighted by Crippen LogP contribution is -2.33. The summed E-state index contributed by atoms with van der Waals surface area (Å²) < 4.78 is 42.8. The molecule has 13 heteroatoms. The van der Waals surface area contributed by atoms with E-state index in [4.69, 9.17) is 9.77 Å². The van der Waals surface area contributed by atoms with E-state index in [0.717, 1.165) is 37.7 Å². The van der Waals surface area contributed by atoms with Gasteiger partial charge in [-0.1, -0.05) is 11.2 Å². The molecule has 0 bridgehead atoms. The fourth-order valence-corrected chi connectivity index (χ4v) is 4.50. The van der Waals surface area contributed by atoms with Gasteiger partial charge in [-0.2, -0.15) is 8.42 Å². The van der Waals surface area contributed by atoms with Crippen molar-refractivity contribution in [1.82, 2.24) is 15.0 Å². The van der Waals surface area contributed by atoms with Crippen molar-refractivity contribution in [2.45, 2.75) is 44.6 Å². The minimum absolute atomic E-state index is 0.132. The average Bonchev–Trinajstić information content (AvgIpc) is 3.17. The summed E-state index contributed by atoms with van der Waals surface area (Å²) in [6.45, 7) is 0.328. The fraction of sp³-hybridized carbons (Fsp3) is 0.500. The summed E-state index contributed by atoms with van der Waals surface area (Å²) in [7, 11) is -3.65. The van der Waals surface area contributed by atoms with Crippen molar-refractivity contribution in [3.8, 4) is 0 Å². The quantitative estimate of drug-likeness (QED) is 0.225. The summed E-state index contributed by atoms with van der Waals surface area (Å²) in [5.74, 6) is 0.412. The number of hydrogen-bond donors (Lipinski definition) is 4. The Balaban J connectivity index is 1.56. The minimum Gasteiger partial charge on any atom is -0.411 e. The first kappa shape index (κ1) is 23.6. The van der Waals surface area contributed by atoms with Gasteiger partial charge in [-0.05, 0) is 82.0 Å². The van der Waals surface area contributed by atoms with E-state index in [1.807, 2.05) is 0 Å². The standard InChI is InChI=1S/C18H24BrFN6O4S/c19-14-9-12(3-6-15(14)20)10-16(24-27)17-18(26-30-25-17)23-13-4-1-11(2-5-13)7-8-22-31(21,28)29/h3,6,9,11,13,22,27H,1-2,4-5,7-8,10H2,(H,23,26)(H2,21,28,29). The van der Waals surface area contributed by atoms with Crippen molar-refractivity contribution in [2.24, 2.45) is 16.2 Å². The van der Waals surface area contributed by atoms with Gasteiger partial charge in [0.2, 0.25) is 5.82 Å². The van der Waals surface area contributed by atoms with Crippen LogP contribution in [-0.2, 0) is 16.6 Å². The number of rotatable bonds is 9. The summed E-state index contributed by atoms with van der Waals surface area (Å²) in [6.07, 6.45) is 4.52. The van der Waals surface area contributed by atoms with Crippen LogP contribution in [0.4, 0.5) is 10.2 Å². The topological polar surface area (TPSA) is 156 Å². The van der Waals surface area contributed by atoms with Crippen LogP contribution in [-0.4, -0.2) is 42.2 Å². The van der Waals surface area contributed by atoms with Gasteiger partial charge in [0.1, 0.15) is 11.5 Å². The third-order valence-corrected chi connectivity index (χ3v) is 6.50. The normalized spacial score (nSPS) is 20.0. The number of anilines is 1. The van der Waals surface area contributed by atoms with E-state index >= 15 is 0 Å². The molecule has 0 saturated heterocycles. The number of halogens is 2. The number of nitrogens with two attached hydrogens (primary N) is 1. The average molecular weight is 519 g/mol. The van der Waals surface area contributed by atoms with Gasteiger partial charge in [0.15, 0.2) is 5.69 Å². The van der Waals surface area contributed by atoms with E-state index in [1.54, 1.807) is 12.1 Å². The molecule has 1 aromatic heterocycles. The van der Waals surface area contributed by atoms with Gasteiger partial charge in [0, 0.05) is 19.0 Å². The van der Waals surface area contributed by atoms with Gasteiger partial charge in [-0.3, -0.25) is 0 Å².